The summed E-state index contributed by atoms with van der Waals surface area (Å²) in [5.41, 5.74) is 1.71. The smallest absolute Gasteiger partial charge is 0.175 e. The van der Waals surface area contributed by atoms with E-state index in [2.05, 4.69) is 36.4 Å². The van der Waals surface area contributed by atoms with Crippen molar-refractivity contribution < 1.29 is 5.11 Å². The lowest BCUT2D eigenvalue weighted by atomic mass is 10.1. The highest BCUT2D eigenvalue weighted by Gasteiger charge is 2.19. The van der Waals surface area contributed by atoms with Crippen molar-refractivity contribution in [1.82, 2.24) is 0 Å². The summed E-state index contributed by atoms with van der Waals surface area (Å²) in [6, 6.07) is 15.1. The molecule has 6 heteroatoms. The molecule has 1 aliphatic rings. The van der Waals surface area contributed by atoms with E-state index in [-0.39, 0.29) is 11.8 Å². The molecule has 110 valence electrons. The Kier molecular flexibility index (Phi) is 4.39. The van der Waals surface area contributed by atoms with Crippen LogP contribution in [0, 0.1) is 0 Å². The summed E-state index contributed by atoms with van der Waals surface area (Å²) in [6.45, 7) is 0. The van der Waals surface area contributed by atoms with E-state index in [0.717, 1.165) is 10.0 Å². The number of phenolic OH excluding ortho intramolecular Hbond substituents is 1. The Morgan fingerprint density at radius 2 is 2.00 bits per heavy atom. The SMILES string of the molecule is Oc1ccc(Br)cc1/C=N\N=C1/C[C@@H](c2ccccc2)N=N1. The van der Waals surface area contributed by atoms with E-state index in [4.69, 9.17) is 0 Å². The van der Waals surface area contributed by atoms with Crippen LogP contribution in [0.4, 0.5) is 0 Å². The maximum absolute atomic E-state index is 9.72. The molecule has 1 aliphatic heterocycles. The zero-order valence-corrected chi connectivity index (χ0v) is 13.2. The van der Waals surface area contributed by atoms with Crippen molar-refractivity contribution in [1.29, 1.82) is 0 Å². The van der Waals surface area contributed by atoms with Crippen molar-refractivity contribution in [2.24, 2.45) is 20.4 Å². The Morgan fingerprint density at radius 1 is 1.18 bits per heavy atom. The third kappa shape index (κ3) is 3.46. The zero-order chi connectivity index (χ0) is 15.4. The number of nitrogens with zero attached hydrogens (tertiary/aromatic N) is 4. The molecule has 0 bridgehead atoms. The molecule has 0 saturated heterocycles. The molecule has 0 spiro atoms. The van der Waals surface area contributed by atoms with E-state index in [1.807, 2.05) is 30.3 Å². The fourth-order valence-electron chi connectivity index (χ4n) is 2.10. The first-order valence-electron chi connectivity index (χ1n) is 6.76. The summed E-state index contributed by atoms with van der Waals surface area (Å²) in [7, 11) is 0. The van der Waals surface area contributed by atoms with Crippen LogP contribution < -0.4 is 0 Å². The molecule has 1 heterocycles. The van der Waals surface area contributed by atoms with Gasteiger partial charge in [-0.1, -0.05) is 46.3 Å². The Balaban J connectivity index is 1.69. The van der Waals surface area contributed by atoms with Crippen LogP contribution in [-0.2, 0) is 0 Å². The van der Waals surface area contributed by atoms with Crippen LogP contribution >= 0.6 is 15.9 Å². The Morgan fingerprint density at radius 3 is 2.82 bits per heavy atom. The lowest BCUT2D eigenvalue weighted by Crippen LogP contribution is -1.95. The lowest BCUT2D eigenvalue weighted by Gasteiger charge is -2.03. The van der Waals surface area contributed by atoms with Gasteiger partial charge >= 0.3 is 0 Å². The fraction of sp³-hybridized carbons (Fsp3) is 0.125. The molecule has 2 aromatic carbocycles. The van der Waals surface area contributed by atoms with Gasteiger partial charge in [-0.3, -0.25) is 0 Å². The average molecular weight is 357 g/mol. The number of amidine groups is 1. The van der Waals surface area contributed by atoms with Crippen LogP contribution in [-0.4, -0.2) is 17.2 Å². The number of halogens is 1. The molecular formula is C16H13BrN4O. The van der Waals surface area contributed by atoms with Crippen LogP contribution in [0.5, 0.6) is 5.75 Å². The van der Waals surface area contributed by atoms with Crippen LogP contribution in [0.15, 0.2) is 73.4 Å². The predicted octanol–water partition coefficient (Wildman–Crippen LogP) is 4.48. The zero-order valence-electron chi connectivity index (χ0n) is 11.6. The number of aromatic hydroxyl groups is 1. The highest BCUT2D eigenvalue weighted by atomic mass is 79.9. The first-order valence-corrected chi connectivity index (χ1v) is 7.56. The molecule has 0 saturated carbocycles. The molecule has 3 rings (SSSR count). The first kappa shape index (κ1) is 14.6. The summed E-state index contributed by atoms with van der Waals surface area (Å²) in [5.74, 6) is 0.738. The van der Waals surface area contributed by atoms with Crippen molar-refractivity contribution in [2.45, 2.75) is 12.5 Å². The molecule has 2 aromatic rings. The summed E-state index contributed by atoms with van der Waals surface area (Å²) in [6.07, 6.45) is 2.13. The molecule has 0 aliphatic carbocycles. The van der Waals surface area contributed by atoms with Crippen LogP contribution in [0.3, 0.4) is 0 Å². The molecule has 0 fully saturated rings. The third-order valence-electron chi connectivity index (χ3n) is 3.23. The second-order valence-electron chi connectivity index (χ2n) is 4.81. The normalized spacial score (nSPS) is 19.3. The van der Waals surface area contributed by atoms with Gasteiger partial charge in [-0.15, -0.1) is 10.2 Å². The Bertz CT molecular complexity index is 756. The van der Waals surface area contributed by atoms with E-state index < -0.39 is 0 Å². The van der Waals surface area contributed by atoms with E-state index in [0.29, 0.717) is 17.8 Å². The van der Waals surface area contributed by atoms with Gasteiger partial charge in [0.15, 0.2) is 5.84 Å². The molecule has 0 radical (unpaired) electrons. The maximum atomic E-state index is 9.72. The molecule has 0 unspecified atom stereocenters. The lowest BCUT2D eigenvalue weighted by molar-refractivity contribution is 0.474. The minimum absolute atomic E-state index is 0.00872. The summed E-state index contributed by atoms with van der Waals surface area (Å²) >= 11 is 3.35. The van der Waals surface area contributed by atoms with Gasteiger partial charge in [-0.05, 0) is 23.8 Å². The van der Waals surface area contributed by atoms with Crippen molar-refractivity contribution >= 4 is 28.0 Å². The number of azo groups is 1. The van der Waals surface area contributed by atoms with Crippen LogP contribution in [0.1, 0.15) is 23.6 Å². The van der Waals surface area contributed by atoms with Crippen molar-refractivity contribution in [3.05, 3.63) is 64.1 Å². The minimum Gasteiger partial charge on any atom is -0.507 e. The number of rotatable bonds is 3. The molecule has 0 amide bonds. The number of hydrogen-bond acceptors (Lipinski definition) is 4. The molecule has 22 heavy (non-hydrogen) atoms. The van der Waals surface area contributed by atoms with Gasteiger partial charge in [0, 0.05) is 16.5 Å². The number of benzene rings is 2. The first-order chi connectivity index (χ1) is 10.7. The topological polar surface area (TPSA) is 69.7 Å². The molecule has 1 atom stereocenters. The molecular weight excluding hydrogens is 344 g/mol. The maximum Gasteiger partial charge on any atom is 0.175 e. The second-order valence-corrected chi connectivity index (χ2v) is 5.73. The van der Waals surface area contributed by atoms with Gasteiger partial charge in [0.05, 0.1) is 6.21 Å². The Labute approximate surface area is 136 Å². The fourth-order valence-corrected chi connectivity index (χ4v) is 2.48. The van der Waals surface area contributed by atoms with E-state index in [1.54, 1.807) is 18.2 Å². The molecule has 1 N–H and O–H groups in total. The summed E-state index contributed by atoms with van der Waals surface area (Å²) in [5, 5.41) is 26.0. The highest BCUT2D eigenvalue weighted by Crippen LogP contribution is 2.27. The minimum atomic E-state index is 0.00872. The standard InChI is InChI=1S/C16H13BrN4O/c17-13-6-7-15(22)12(8-13)10-18-20-16-9-14(19-21-16)11-4-2-1-3-5-11/h1-8,10,14,22H,9H2/b18-10-,20-16+/t14-/m0/s1. The third-order valence-corrected chi connectivity index (χ3v) is 3.73. The highest BCUT2D eigenvalue weighted by molar-refractivity contribution is 9.10. The van der Waals surface area contributed by atoms with Gasteiger partial charge in [0.1, 0.15) is 11.8 Å². The van der Waals surface area contributed by atoms with Crippen molar-refractivity contribution in [2.75, 3.05) is 0 Å². The van der Waals surface area contributed by atoms with Gasteiger partial charge in [0.2, 0.25) is 0 Å². The summed E-state index contributed by atoms with van der Waals surface area (Å²) < 4.78 is 0.865. The van der Waals surface area contributed by atoms with Gasteiger partial charge in [-0.25, -0.2) is 0 Å². The van der Waals surface area contributed by atoms with Gasteiger partial charge in [-0.2, -0.15) is 10.2 Å². The van der Waals surface area contributed by atoms with E-state index in [1.165, 1.54) is 6.21 Å². The summed E-state index contributed by atoms with van der Waals surface area (Å²) in [4.78, 5) is 0. The monoisotopic (exact) mass is 356 g/mol. The van der Waals surface area contributed by atoms with Gasteiger partial charge < -0.3 is 5.11 Å². The van der Waals surface area contributed by atoms with E-state index in [9.17, 15) is 5.11 Å². The largest absolute Gasteiger partial charge is 0.507 e. The average Bonchev–Trinajstić information content (AvgIpc) is 3.00. The quantitative estimate of drug-likeness (QED) is 0.638. The van der Waals surface area contributed by atoms with Gasteiger partial charge in [0.25, 0.3) is 0 Å². The van der Waals surface area contributed by atoms with Crippen LogP contribution in [0.25, 0.3) is 0 Å². The van der Waals surface area contributed by atoms with Crippen LogP contribution in [0.2, 0.25) is 0 Å². The number of phenols is 1. The Hall–Kier alpha value is -2.34. The second kappa shape index (κ2) is 6.62. The number of hydrogen-bond donors (Lipinski definition) is 1. The molecule has 5 nitrogen and oxygen atoms in total. The van der Waals surface area contributed by atoms with Crippen molar-refractivity contribution in [3.8, 4) is 5.75 Å². The van der Waals surface area contributed by atoms with Crippen molar-refractivity contribution in [3.63, 3.8) is 0 Å². The van der Waals surface area contributed by atoms with E-state index >= 15 is 0 Å². The molecule has 0 aromatic heterocycles. The predicted molar refractivity (Wildman–Crippen MR) is 89.5 cm³/mol.